The predicted octanol–water partition coefficient (Wildman–Crippen LogP) is 3.37. The minimum atomic E-state index is -0.508. The van der Waals surface area contributed by atoms with E-state index in [0.717, 1.165) is 34.9 Å². The average Bonchev–Trinajstić information content (AvgIpc) is 2.87. The average molecular weight is 312 g/mol. The van der Waals surface area contributed by atoms with Gasteiger partial charge in [-0.2, -0.15) is 11.8 Å². The van der Waals surface area contributed by atoms with Gasteiger partial charge in [0.25, 0.3) is 0 Å². The van der Waals surface area contributed by atoms with E-state index in [0.29, 0.717) is 0 Å². The molecule has 0 aliphatic carbocycles. The summed E-state index contributed by atoms with van der Waals surface area (Å²) in [6.07, 6.45) is 1.04. The van der Waals surface area contributed by atoms with Crippen molar-refractivity contribution in [1.29, 1.82) is 0 Å². The first-order chi connectivity index (χ1) is 9.69. The standard InChI is InChI=1S/C14H14F2N2S2/c15-9-1-2-11(16)10(6-9)14(18-17)13-5-8-7-19-4-3-12(8)20-13/h1-2,5-6,14,18H,3-4,7,17H2. The van der Waals surface area contributed by atoms with Crippen LogP contribution in [0.4, 0.5) is 8.78 Å². The Hall–Kier alpha value is -0.950. The van der Waals surface area contributed by atoms with Crippen molar-refractivity contribution in [1.82, 2.24) is 5.43 Å². The number of benzene rings is 1. The van der Waals surface area contributed by atoms with Gasteiger partial charge in [-0.15, -0.1) is 11.3 Å². The largest absolute Gasteiger partial charge is 0.271 e. The summed E-state index contributed by atoms with van der Waals surface area (Å²) in [5.41, 5.74) is 4.15. The lowest BCUT2D eigenvalue weighted by atomic mass is 10.0. The van der Waals surface area contributed by atoms with Crippen LogP contribution in [0.25, 0.3) is 0 Å². The topological polar surface area (TPSA) is 38.0 Å². The van der Waals surface area contributed by atoms with Gasteiger partial charge in [0.05, 0.1) is 6.04 Å². The molecule has 1 aromatic heterocycles. The number of nitrogens with two attached hydrogens (primary N) is 1. The van der Waals surface area contributed by atoms with E-state index in [-0.39, 0.29) is 5.56 Å². The van der Waals surface area contributed by atoms with Crippen LogP contribution in [0.3, 0.4) is 0 Å². The third-order valence-corrected chi connectivity index (χ3v) is 5.68. The molecule has 2 aromatic rings. The number of halogens is 2. The van der Waals surface area contributed by atoms with Gasteiger partial charge < -0.3 is 0 Å². The van der Waals surface area contributed by atoms with Crippen molar-refractivity contribution < 1.29 is 8.78 Å². The number of rotatable bonds is 3. The summed E-state index contributed by atoms with van der Waals surface area (Å²) in [7, 11) is 0. The van der Waals surface area contributed by atoms with Crippen LogP contribution >= 0.6 is 23.1 Å². The Kier molecular flexibility index (Phi) is 4.07. The van der Waals surface area contributed by atoms with Crippen LogP contribution in [-0.4, -0.2) is 5.75 Å². The number of thiophene rings is 1. The van der Waals surface area contributed by atoms with Gasteiger partial charge in [-0.05, 0) is 42.0 Å². The smallest absolute Gasteiger partial charge is 0.128 e. The molecule has 0 fully saturated rings. The summed E-state index contributed by atoms with van der Waals surface area (Å²) >= 11 is 3.53. The highest BCUT2D eigenvalue weighted by molar-refractivity contribution is 7.98. The summed E-state index contributed by atoms with van der Waals surface area (Å²) in [5.74, 6) is 6.76. The minimum absolute atomic E-state index is 0.249. The maximum absolute atomic E-state index is 13.9. The predicted molar refractivity (Wildman–Crippen MR) is 79.7 cm³/mol. The van der Waals surface area contributed by atoms with Crippen LogP contribution in [0, 0.1) is 11.6 Å². The second-order valence-electron chi connectivity index (χ2n) is 4.67. The highest BCUT2D eigenvalue weighted by atomic mass is 32.2. The zero-order chi connectivity index (χ0) is 14.1. The summed E-state index contributed by atoms with van der Waals surface area (Å²) in [6.45, 7) is 0. The molecule has 0 bridgehead atoms. The first-order valence-electron chi connectivity index (χ1n) is 6.29. The third kappa shape index (κ3) is 2.61. The monoisotopic (exact) mass is 312 g/mol. The number of fused-ring (bicyclic) bond motifs is 1. The third-order valence-electron chi connectivity index (χ3n) is 3.37. The molecule has 1 atom stereocenters. The summed E-state index contributed by atoms with van der Waals surface area (Å²) in [4.78, 5) is 2.26. The van der Waals surface area contributed by atoms with Gasteiger partial charge in [0.15, 0.2) is 0 Å². The molecule has 3 rings (SSSR count). The van der Waals surface area contributed by atoms with E-state index >= 15 is 0 Å². The molecule has 2 heterocycles. The van der Waals surface area contributed by atoms with Gasteiger partial charge in [-0.3, -0.25) is 5.84 Å². The quantitative estimate of drug-likeness (QED) is 0.674. The van der Waals surface area contributed by atoms with E-state index < -0.39 is 17.7 Å². The Morgan fingerprint density at radius 2 is 2.10 bits per heavy atom. The highest BCUT2D eigenvalue weighted by Crippen LogP contribution is 2.36. The lowest BCUT2D eigenvalue weighted by Gasteiger charge is -2.15. The Bertz CT molecular complexity index is 604. The van der Waals surface area contributed by atoms with Crippen LogP contribution in [0.15, 0.2) is 24.3 Å². The Morgan fingerprint density at radius 3 is 2.85 bits per heavy atom. The van der Waals surface area contributed by atoms with Gasteiger partial charge in [-0.25, -0.2) is 14.2 Å². The lowest BCUT2D eigenvalue weighted by Crippen LogP contribution is -2.29. The maximum atomic E-state index is 13.9. The Morgan fingerprint density at radius 1 is 1.25 bits per heavy atom. The molecule has 0 spiro atoms. The minimum Gasteiger partial charge on any atom is -0.271 e. The van der Waals surface area contributed by atoms with Crippen molar-refractivity contribution in [3.05, 3.63) is 56.8 Å². The fourth-order valence-electron chi connectivity index (χ4n) is 2.37. The number of aryl methyl sites for hydroxylation is 1. The fraction of sp³-hybridized carbons (Fsp3) is 0.286. The zero-order valence-corrected chi connectivity index (χ0v) is 12.3. The SMILES string of the molecule is NNC(c1cc2c(s1)CCSC2)c1cc(F)ccc1F. The van der Waals surface area contributed by atoms with Gasteiger partial charge >= 0.3 is 0 Å². The number of hydrazine groups is 1. The Balaban J connectivity index is 2.01. The Labute approximate surface area is 124 Å². The molecule has 2 nitrogen and oxygen atoms in total. The molecule has 0 radical (unpaired) electrons. The number of hydrogen-bond donors (Lipinski definition) is 2. The molecule has 3 N–H and O–H groups in total. The number of hydrogen-bond acceptors (Lipinski definition) is 4. The molecule has 0 saturated carbocycles. The molecular formula is C14H14F2N2S2. The molecule has 20 heavy (non-hydrogen) atoms. The molecule has 0 saturated heterocycles. The van der Waals surface area contributed by atoms with Crippen molar-refractivity contribution in [3.8, 4) is 0 Å². The van der Waals surface area contributed by atoms with Crippen molar-refractivity contribution >= 4 is 23.1 Å². The van der Waals surface area contributed by atoms with E-state index in [1.54, 1.807) is 11.3 Å². The zero-order valence-electron chi connectivity index (χ0n) is 10.7. The molecule has 1 unspecified atom stereocenters. The first kappa shape index (κ1) is 14.0. The second kappa shape index (κ2) is 5.81. The van der Waals surface area contributed by atoms with E-state index in [9.17, 15) is 8.78 Å². The summed E-state index contributed by atoms with van der Waals surface area (Å²) in [6, 6.07) is 5.00. The van der Waals surface area contributed by atoms with Crippen LogP contribution in [-0.2, 0) is 12.2 Å². The molecule has 0 amide bonds. The summed E-state index contributed by atoms with van der Waals surface area (Å²) < 4.78 is 27.3. The molecule has 6 heteroatoms. The van der Waals surface area contributed by atoms with Crippen molar-refractivity contribution in [2.24, 2.45) is 5.84 Å². The van der Waals surface area contributed by atoms with Crippen LogP contribution in [0.1, 0.15) is 26.9 Å². The molecule has 1 aromatic carbocycles. The van der Waals surface area contributed by atoms with E-state index in [1.165, 1.54) is 16.5 Å². The van der Waals surface area contributed by atoms with Gasteiger partial charge in [-0.1, -0.05) is 0 Å². The number of thioether (sulfide) groups is 1. The molecule has 1 aliphatic rings. The van der Waals surface area contributed by atoms with E-state index in [4.69, 9.17) is 5.84 Å². The van der Waals surface area contributed by atoms with Crippen LogP contribution < -0.4 is 11.3 Å². The highest BCUT2D eigenvalue weighted by Gasteiger charge is 2.22. The van der Waals surface area contributed by atoms with E-state index in [2.05, 4.69) is 11.5 Å². The fourth-order valence-corrected chi connectivity index (χ4v) is 4.83. The van der Waals surface area contributed by atoms with Gasteiger partial charge in [0.1, 0.15) is 11.6 Å². The molecular weight excluding hydrogens is 298 g/mol. The van der Waals surface area contributed by atoms with Crippen molar-refractivity contribution in [2.45, 2.75) is 18.2 Å². The molecule has 1 aliphatic heterocycles. The van der Waals surface area contributed by atoms with E-state index in [1.807, 2.05) is 11.8 Å². The van der Waals surface area contributed by atoms with Gasteiger partial charge in [0.2, 0.25) is 0 Å². The normalized spacial score (nSPS) is 15.9. The molecule has 106 valence electrons. The van der Waals surface area contributed by atoms with Crippen LogP contribution in [0.5, 0.6) is 0 Å². The number of nitrogens with one attached hydrogen (secondary N) is 1. The second-order valence-corrected chi connectivity index (χ2v) is 6.94. The lowest BCUT2D eigenvalue weighted by molar-refractivity contribution is 0.549. The van der Waals surface area contributed by atoms with Crippen molar-refractivity contribution in [3.63, 3.8) is 0 Å². The van der Waals surface area contributed by atoms with Crippen molar-refractivity contribution in [2.75, 3.05) is 5.75 Å². The van der Waals surface area contributed by atoms with Crippen LogP contribution in [0.2, 0.25) is 0 Å². The maximum Gasteiger partial charge on any atom is 0.128 e. The first-order valence-corrected chi connectivity index (χ1v) is 8.26. The van der Waals surface area contributed by atoms with Gasteiger partial charge in [0, 0.05) is 21.1 Å². The summed E-state index contributed by atoms with van der Waals surface area (Å²) in [5, 5.41) is 0.